The third-order valence-electron chi connectivity index (χ3n) is 3.42. The van der Waals surface area contributed by atoms with Gasteiger partial charge in [0.05, 0.1) is 11.8 Å². The smallest absolute Gasteiger partial charge is 0.297 e. The third kappa shape index (κ3) is 4.65. The monoisotopic (exact) mass is 340 g/mol. The zero-order valence-electron chi connectivity index (χ0n) is 11.8. The third-order valence-corrected chi connectivity index (χ3v) is 4.19. The van der Waals surface area contributed by atoms with E-state index < -0.39 is 27.6 Å². The van der Waals surface area contributed by atoms with E-state index in [1.807, 2.05) is 0 Å². The minimum atomic E-state index is -4.62. The molecule has 1 aliphatic rings. The van der Waals surface area contributed by atoms with Crippen LogP contribution in [0.1, 0.15) is 17.5 Å². The lowest BCUT2D eigenvalue weighted by Gasteiger charge is -2.19. The number of benzene rings is 1. The van der Waals surface area contributed by atoms with Gasteiger partial charge in [0, 0.05) is 25.7 Å². The fraction of sp³-hybridized carbons (Fsp3) is 0.538. The number of likely N-dealkylation sites (tertiary alicyclic amines) is 1. The minimum Gasteiger partial charge on any atom is -0.297 e. The zero-order valence-corrected chi connectivity index (χ0v) is 12.6. The summed E-state index contributed by atoms with van der Waals surface area (Å²) in [5.41, 5.74) is -1.01. The van der Waals surface area contributed by atoms with Crippen molar-refractivity contribution in [2.45, 2.75) is 25.2 Å². The molecule has 0 bridgehead atoms. The predicted molar refractivity (Wildman–Crippen MR) is 73.1 cm³/mol. The van der Waals surface area contributed by atoms with Crippen molar-refractivity contribution in [2.24, 2.45) is 0 Å². The van der Waals surface area contributed by atoms with Gasteiger partial charge in [-0.2, -0.15) is 13.2 Å². The molecule has 0 unspecified atom stereocenters. The number of sulfonamides is 1. The topological polar surface area (TPSA) is 49.4 Å². The molecule has 1 aromatic rings. The molecule has 0 saturated carbocycles. The van der Waals surface area contributed by atoms with Crippen LogP contribution in [0, 0.1) is 5.82 Å². The summed E-state index contributed by atoms with van der Waals surface area (Å²) in [5, 5.41) is 0. The minimum absolute atomic E-state index is 0.00291. The predicted octanol–water partition coefficient (Wildman–Crippen LogP) is 1.97. The van der Waals surface area contributed by atoms with E-state index >= 15 is 0 Å². The number of halogens is 4. The molecular weight excluding hydrogens is 324 g/mol. The Kier molecular flexibility index (Phi) is 4.78. The molecule has 0 spiro atoms. The first-order valence-corrected chi connectivity index (χ1v) is 8.49. The van der Waals surface area contributed by atoms with Crippen molar-refractivity contribution in [3.63, 3.8) is 0 Å². The summed E-state index contributed by atoms with van der Waals surface area (Å²) < 4.78 is 76.6. The summed E-state index contributed by atoms with van der Waals surface area (Å²) in [7, 11) is -3.35. The van der Waals surface area contributed by atoms with Gasteiger partial charge in [-0.25, -0.2) is 17.5 Å². The number of rotatable bonds is 4. The second-order valence-electron chi connectivity index (χ2n) is 5.41. The second-order valence-corrected chi connectivity index (χ2v) is 7.19. The fourth-order valence-corrected chi connectivity index (χ4v) is 3.36. The summed E-state index contributed by atoms with van der Waals surface area (Å²) in [6.45, 7) is 0.792. The molecule has 22 heavy (non-hydrogen) atoms. The highest BCUT2D eigenvalue weighted by atomic mass is 32.2. The van der Waals surface area contributed by atoms with Gasteiger partial charge in [-0.15, -0.1) is 0 Å². The number of nitrogens with one attached hydrogen (secondary N) is 1. The van der Waals surface area contributed by atoms with Crippen LogP contribution in [0.15, 0.2) is 18.2 Å². The SMILES string of the molecule is CS(=O)(=O)N[C@H]1CCN(Cc2ccc(F)cc2C(F)(F)F)C1. The van der Waals surface area contributed by atoms with Crippen molar-refractivity contribution < 1.29 is 26.0 Å². The van der Waals surface area contributed by atoms with Gasteiger partial charge in [-0.1, -0.05) is 6.07 Å². The van der Waals surface area contributed by atoms with Crippen molar-refractivity contribution in [1.29, 1.82) is 0 Å². The lowest BCUT2D eigenvalue weighted by Crippen LogP contribution is -2.36. The first-order valence-electron chi connectivity index (χ1n) is 6.60. The van der Waals surface area contributed by atoms with Crippen LogP contribution in [0.2, 0.25) is 0 Å². The molecular formula is C13H16F4N2O2S. The van der Waals surface area contributed by atoms with Gasteiger partial charge in [-0.3, -0.25) is 4.90 Å². The van der Waals surface area contributed by atoms with Gasteiger partial charge in [0.1, 0.15) is 5.82 Å². The van der Waals surface area contributed by atoms with E-state index in [-0.39, 0.29) is 18.2 Å². The molecule has 1 heterocycles. The summed E-state index contributed by atoms with van der Waals surface area (Å²) in [5.74, 6) is -0.936. The van der Waals surface area contributed by atoms with E-state index in [0.29, 0.717) is 25.6 Å². The average Bonchev–Trinajstić information content (AvgIpc) is 2.75. The maximum Gasteiger partial charge on any atom is 0.416 e. The van der Waals surface area contributed by atoms with Crippen LogP contribution in [-0.4, -0.2) is 38.7 Å². The van der Waals surface area contributed by atoms with Crippen LogP contribution in [0.4, 0.5) is 17.6 Å². The average molecular weight is 340 g/mol. The maximum absolute atomic E-state index is 13.0. The highest BCUT2D eigenvalue weighted by molar-refractivity contribution is 7.88. The lowest BCUT2D eigenvalue weighted by molar-refractivity contribution is -0.138. The van der Waals surface area contributed by atoms with Crippen molar-refractivity contribution in [3.05, 3.63) is 35.1 Å². The molecule has 1 saturated heterocycles. The molecule has 0 radical (unpaired) electrons. The lowest BCUT2D eigenvalue weighted by atomic mass is 10.1. The van der Waals surface area contributed by atoms with Crippen molar-refractivity contribution in [2.75, 3.05) is 19.3 Å². The normalized spacial score (nSPS) is 20.5. The Balaban J connectivity index is 2.09. The quantitative estimate of drug-likeness (QED) is 0.853. The van der Waals surface area contributed by atoms with E-state index in [2.05, 4.69) is 4.72 Å². The van der Waals surface area contributed by atoms with Crippen molar-refractivity contribution in [1.82, 2.24) is 9.62 Å². The van der Waals surface area contributed by atoms with Gasteiger partial charge < -0.3 is 0 Å². The van der Waals surface area contributed by atoms with Crippen LogP contribution >= 0.6 is 0 Å². The highest BCUT2D eigenvalue weighted by Gasteiger charge is 2.35. The fourth-order valence-electron chi connectivity index (χ4n) is 2.57. The Hall–Kier alpha value is -1.19. The molecule has 0 aromatic heterocycles. The van der Waals surface area contributed by atoms with Crippen LogP contribution in [0.5, 0.6) is 0 Å². The van der Waals surface area contributed by atoms with Gasteiger partial charge in [-0.05, 0) is 24.1 Å². The summed E-state index contributed by atoms with van der Waals surface area (Å²) in [6, 6.07) is 2.28. The van der Waals surface area contributed by atoms with E-state index in [1.54, 1.807) is 4.90 Å². The maximum atomic E-state index is 13.0. The molecule has 124 valence electrons. The standard InChI is InChI=1S/C13H16F4N2O2S/c1-22(20,21)18-11-4-5-19(8-11)7-9-2-3-10(14)6-12(9)13(15,16)17/h2-3,6,11,18H,4-5,7-8H2,1H3/t11-/m0/s1. The Bertz CT molecular complexity index is 646. The first kappa shape index (κ1) is 17.2. The molecule has 1 atom stereocenters. The van der Waals surface area contributed by atoms with Crippen LogP contribution in [0.25, 0.3) is 0 Å². The summed E-state index contributed by atoms with van der Waals surface area (Å²) >= 11 is 0. The van der Waals surface area contributed by atoms with E-state index in [4.69, 9.17) is 0 Å². The van der Waals surface area contributed by atoms with Crippen molar-refractivity contribution >= 4 is 10.0 Å². The molecule has 9 heteroatoms. The molecule has 2 rings (SSSR count). The molecule has 1 aromatic carbocycles. The summed E-state index contributed by atoms with van der Waals surface area (Å²) in [4.78, 5) is 1.71. The summed E-state index contributed by atoms with van der Waals surface area (Å²) in [6.07, 6.45) is -3.06. The van der Waals surface area contributed by atoms with Gasteiger partial charge in [0.2, 0.25) is 10.0 Å². The van der Waals surface area contributed by atoms with E-state index in [9.17, 15) is 26.0 Å². The molecule has 1 aliphatic heterocycles. The first-order chi connectivity index (χ1) is 10.0. The Morgan fingerprint density at radius 3 is 2.64 bits per heavy atom. The van der Waals surface area contributed by atoms with E-state index in [0.717, 1.165) is 18.4 Å². The number of hydrogen-bond donors (Lipinski definition) is 1. The number of alkyl halides is 3. The van der Waals surface area contributed by atoms with Crippen LogP contribution in [0.3, 0.4) is 0 Å². The van der Waals surface area contributed by atoms with Gasteiger partial charge in [0.15, 0.2) is 0 Å². The number of nitrogens with zero attached hydrogens (tertiary/aromatic N) is 1. The second kappa shape index (κ2) is 6.13. The van der Waals surface area contributed by atoms with Crippen LogP contribution < -0.4 is 4.72 Å². The van der Waals surface area contributed by atoms with Crippen LogP contribution in [-0.2, 0) is 22.7 Å². The Morgan fingerprint density at radius 2 is 2.05 bits per heavy atom. The molecule has 4 nitrogen and oxygen atoms in total. The Labute approximate surface area is 126 Å². The Morgan fingerprint density at radius 1 is 1.36 bits per heavy atom. The highest BCUT2D eigenvalue weighted by Crippen LogP contribution is 2.33. The van der Waals surface area contributed by atoms with Crippen molar-refractivity contribution in [3.8, 4) is 0 Å². The molecule has 0 aliphatic carbocycles. The van der Waals surface area contributed by atoms with Gasteiger partial charge in [0.25, 0.3) is 0 Å². The van der Waals surface area contributed by atoms with Gasteiger partial charge >= 0.3 is 6.18 Å². The number of hydrogen-bond acceptors (Lipinski definition) is 3. The molecule has 1 fully saturated rings. The zero-order chi connectivity index (χ0) is 16.5. The van der Waals surface area contributed by atoms with E-state index in [1.165, 1.54) is 0 Å². The largest absolute Gasteiger partial charge is 0.416 e. The molecule has 1 N–H and O–H groups in total. The molecule has 0 amide bonds.